The smallest absolute Gasteiger partial charge is 0.328 e. The minimum Gasteiger partial charge on any atom is -0.378 e. The summed E-state index contributed by atoms with van der Waals surface area (Å²) in [5, 5.41) is 27.7. The van der Waals surface area contributed by atoms with Crippen molar-refractivity contribution in [2.24, 2.45) is 9.98 Å². The maximum Gasteiger partial charge on any atom is 0.328 e. The predicted octanol–water partition coefficient (Wildman–Crippen LogP) is 8.93. The van der Waals surface area contributed by atoms with E-state index in [1.807, 2.05) is 85.8 Å². The van der Waals surface area contributed by atoms with Crippen molar-refractivity contribution in [2.75, 3.05) is 0 Å². The molecule has 0 N–H and O–H groups in total. The van der Waals surface area contributed by atoms with Crippen molar-refractivity contribution in [1.82, 2.24) is 18.9 Å². The Kier molecular flexibility index (Phi) is 12.8. The standard InChI is InChI=1S/C61H48B2N8/c1-41(2)56-54-55(59(51(39-65)61-67-40-44-26-20-23-37-53(44)69-61)70(56)62(45-27-10-6-11-28-45)46-29-12-7-13-30-46)57(49-35-21-18-24-42(49)3)71(63(47-31-14-8-15-32-47)48-33-16-9-17-34-48)58(54)50(38-64)60(66-5)68-52-36-22-19-25-43(52)4/h6-37,40-41H,5H2,1-4H3/b58-50-,59-51-,68-60-. The first kappa shape index (κ1) is 45.7. The average Bonchev–Trinajstić information content (AvgIpc) is 3.90. The summed E-state index contributed by atoms with van der Waals surface area (Å²) in [6.45, 7) is 11.6. The van der Waals surface area contributed by atoms with E-state index in [1.54, 1.807) is 6.20 Å². The maximum atomic E-state index is 12.0. The van der Waals surface area contributed by atoms with E-state index in [2.05, 4.69) is 169 Å². The summed E-state index contributed by atoms with van der Waals surface area (Å²) < 4.78 is 4.64. The fourth-order valence-corrected chi connectivity index (χ4v) is 10.1. The van der Waals surface area contributed by atoms with Crippen molar-refractivity contribution >= 4 is 86.6 Å². The van der Waals surface area contributed by atoms with Crippen LogP contribution >= 0.6 is 0 Å². The molecule has 0 fully saturated rings. The molecule has 0 spiro atoms. The largest absolute Gasteiger partial charge is 0.378 e. The second kappa shape index (κ2) is 19.9. The number of para-hydroxylation sites is 2. The molecule has 0 saturated heterocycles. The predicted molar refractivity (Wildman–Crippen MR) is 295 cm³/mol. The molecule has 0 radical (unpaired) electrons. The lowest BCUT2D eigenvalue weighted by molar-refractivity contribution is 0.809. The lowest BCUT2D eigenvalue weighted by Gasteiger charge is -2.25. The van der Waals surface area contributed by atoms with Gasteiger partial charge < -0.3 is 8.96 Å². The van der Waals surface area contributed by atoms with Gasteiger partial charge in [-0.2, -0.15) is 10.5 Å². The molecular weight excluding hydrogens is 866 g/mol. The van der Waals surface area contributed by atoms with E-state index >= 15 is 0 Å². The molecule has 338 valence electrons. The van der Waals surface area contributed by atoms with Crippen molar-refractivity contribution in [1.29, 1.82) is 10.5 Å². The number of aryl methyl sites for hydroxylation is 2. The molecule has 0 saturated carbocycles. The van der Waals surface area contributed by atoms with Crippen LogP contribution in [0.2, 0.25) is 0 Å². The molecule has 71 heavy (non-hydrogen) atoms. The first-order chi connectivity index (χ1) is 34.8. The molecule has 0 aliphatic heterocycles. The number of amidine groups is 1. The SMILES string of the molecule is C=NC(=N\c1ccccc1C)/C(C#N)=c1/c2c(C(C)C)n(B(c3ccccc3)c3ccccc3)/c(=C(/C#N)c3ncc4ccccc4n3)c2c(-c2ccccc2C)n1B(c1ccccc1)c1ccccc1. The van der Waals surface area contributed by atoms with E-state index in [0.29, 0.717) is 21.9 Å². The Morgan fingerprint density at radius 1 is 0.577 bits per heavy atom. The Bertz CT molecular complexity index is 3790. The summed E-state index contributed by atoms with van der Waals surface area (Å²) in [4.78, 5) is 20.0. The van der Waals surface area contributed by atoms with Gasteiger partial charge in [0, 0.05) is 39.3 Å². The molecule has 10 rings (SSSR count). The molecule has 0 bridgehead atoms. The normalized spacial score (nSPS) is 12.4. The van der Waals surface area contributed by atoms with E-state index in [4.69, 9.17) is 15.0 Å². The van der Waals surface area contributed by atoms with E-state index in [1.165, 1.54) is 0 Å². The number of rotatable bonds is 11. The highest BCUT2D eigenvalue weighted by Gasteiger charge is 2.38. The highest BCUT2D eigenvalue weighted by molar-refractivity contribution is 6.85. The number of aliphatic imine (C=N–C) groups is 2. The lowest BCUT2D eigenvalue weighted by Crippen LogP contribution is -2.55. The number of benzene rings is 7. The molecule has 3 aromatic heterocycles. The molecule has 10 aromatic rings. The molecular formula is C61H48B2N8. The number of fused-ring (bicyclic) bond motifs is 2. The maximum absolute atomic E-state index is 12.0. The summed E-state index contributed by atoms with van der Waals surface area (Å²) in [6, 6.07) is 71.0. The number of nitriles is 2. The number of hydrogen-bond acceptors (Lipinski definition) is 5. The fourth-order valence-electron chi connectivity index (χ4n) is 10.1. The summed E-state index contributed by atoms with van der Waals surface area (Å²) >= 11 is 0. The Hall–Kier alpha value is -9.11. The monoisotopic (exact) mass is 914 g/mol. The second-order valence-electron chi connectivity index (χ2n) is 17.9. The zero-order chi connectivity index (χ0) is 49.0. The molecule has 0 aliphatic carbocycles. The van der Waals surface area contributed by atoms with Crippen LogP contribution in [-0.4, -0.2) is 45.2 Å². The van der Waals surface area contributed by atoms with Gasteiger partial charge in [0.15, 0.2) is 11.7 Å². The van der Waals surface area contributed by atoms with Crippen molar-refractivity contribution in [3.8, 4) is 23.4 Å². The summed E-state index contributed by atoms with van der Waals surface area (Å²) in [5.74, 6) is 0.264. The van der Waals surface area contributed by atoms with Gasteiger partial charge >= 0.3 is 13.7 Å². The van der Waals surface area contributed by atoms with Crippen molar-refractivity contribution in [3.63, 3.8) is 0 Å². The van der Waals surface area contributed by atoms with Crippen LogP contribution < -0.4 is 32.5 Å². The van der Waals surface area contributed by atoms with Crippen LogP contribution in [0.5, 0.6) is 0 Å². The van der Waals surface area contributed by atoms with Gasteiger partial charge in [-0.05, 0) is 49.7 Å². The summed E-state index contributed by atoms with van der Waals surface area (Å²) in [7, 11) is 0. The van der Waals surface area contributed by atoms with E-state index in [-0.39, 0.29) is 28.7 Å². The van der Waals surface area contributed by atoms with Crippen LogP contribution in [0.25, 0.3) is 44.1 Å². The van der Waals surface area contributed by atoms with Crippen molar-refractivity contribution < 1.29 is 0 Å². The molecule has 3 heterocycles. The molecule has 0 aliphatic rings. The average molecular weight is 915 g/mol. The zero-order valence-electron chi connectivity index (χ0n) is 40.1. The Balaban J connectivity index is 1.59. The van der Waals surface area contributed by atoms with Gasteiger partial charge in [-0.15, -0.1) is 0 Å². The molecule has 0 unspecified atom stereocenters. The number of hydrogen-bond donors (Lipinski definition) is 0. The van der Waals surface area contributed by atoms with E-state index in [0.717, 1.165) is 66.1 Å². The zero-order valence-corrected chi connectivity index (χ0v) is 40.1. The lowest BCUT2D eigenvalue weighted by atomic mass is 9.50. The van der Waals surface area contributed by atoms with Gasteiger partial charge in [-0.1, -0.05) is 218 Å². The first-order valence-electron chi connectivity index (χ1n) is 23.8. The minimum atomic E-state index is -0.509. The molecule has 10 heteroatoms. The Labute approximate surface area is 414 Å². The topological polar surface area (TPSA) is 108 Å². The highest BCUT2D eigenvalue weighted by Crippen LogP contribution is 2.36. The van der Waals surface area contributed by atoms with Crippen LogP contribution in [-0.2, 0) is 0 Å². The van der Waals surface area contributed by atoms with Gasteiger partial charge in [0.1, 0.15) is 23.3 Å². The second-order valence-corrected chi connectivity index (χ2v) is 17.9. The van der Waals surface area contributed by atoms with Crippen LogP contribution in [0.1, 0.15) is 42.4 Å². The van der Waals surface area contributed by atoms with Crippen LogP contribution in [0, 0.1) is 36.5 Å². The van der Waals surface area contributed by atoms with Gasteiger partial charge in [-0.25, -0.2) is 20.0 Å². The summed E-state index contributed by atoms with van der Waals surface area (Å²) in [6.07, 6.45) is 1.79. The number of nitrogens with zero attached hydrogens (tertiary/aromatic N) is 8. The van der Waals surface area contributed by atoms with Crippen molar-refractivity contribution in [3.05, 3.63) is 234 Å². The van der Waals surface area contributed by atoms with Crippen molar-refractivity contribution in [2.45, 2.75) is 33.6 Å². The highest BCUT2D eigenvalue weighted by atomic mass is 15.0. The van der Waals surface area contributed by atoms with Gasteiger partial charge in [0.05, 0.1) is 21.9 Å². The van der Waals surface area contributed by atoms with E-state index in [9.17, 15) is 10.5 Å². The minimum absolute atomic E-state index is 0.174. The van der Waals surface area contributed by atoms with E-state index < -0.39 is 13.7 Å². The van der Waals surface area contributed by atoms with Gasteiger partial charge in [0.25, 0.3) is 0 Å². The van der Waals surface area contributed by atoms with Gasteiger partial charge in [0.2, 0.25) is 0 Å². The summed E-state index contributed by atoms with van der Waals surface area (Å²) in [5.41, 5.74) is 10.4. The first-order valence-corrected chi connectivity index (χ1v) is 23.8. The molecule has 7 aromatic carbocycles. The van der Waals surface area contributed by atoms with Crippen LogP contribution in [0.4, 0.5) is 5.69 Å². The quantitative estimate of drug-likeness (QED) is 0.0734. The third kappa shape index (κ3) is 8.36. The Morgan fingerprint density at radius 2 is 1.08 bits per heavy atom. The molecule has 0 atom stereocenters. The van der Waals surface area contributed by atoms with Crippen LogP contribution in [0.15, 0.2) is 210 Å². The molecule has 0 amide bonds. The molecule has 8 nitrogen and oxygen atoms in total. The fraction of sp³-hybridized carbons (Fsp3) is 0.0820. The Morgan fingerprint density at radius 3 is 1.61 bits per heavy atom. The third-order valence-corrected chi connectivity index (χ3v) is 13.2. The van der Waals surface area contributed by atoms with Crippen LogP contribution in [0.3, 0.4) is 0 Å². The third-order valence-electron chi connectivity index (χ3n) is 13.2. The number of aromatic nitrogens is 4. The van der Waals surface area contributed by atoms with Gasteiger partial charge in [-0.3, -0.25) is 0 Å².